The summed E-state index contributed by atoms with van der Waals surface area (Å²) in [5, 5.41) is 7.58. The SMILES string of the molecule is CC1(C)c2ccccc2-c2cccc(-c3ccc(N(c4ccc(-c5cc6ccccc6c6ccccc56)cc4)c4cccc(-c5ccc6ccccc6c5)c4)cc3)c21. The van der Waals surface area contributed by atoms with Crippen LogP contribution in [0, 0.1) is 0 Å². The first-order valence-corrected chi connectivity index (χ1v) is 20.3. The molecule has 0 fully saturated rings. The average molecular weight is 740 g/mol. The van der Waals surface area contributed by atoms with E-state index in [1.54, 1.807) is 0 Å². The van der Waals surface area contributed by atoms with Crippen molar-refractivity contribution in [3.63, 3.8) is 0 Å². The first kappa shape index (κ1) is 34.1. The van der Waals surface area contributed by atoms with Gasteiger partial charge in [-0.15, -0.1) is 0 Å². The number of hydrogen-bond donors (Lipinski definition) is 0. The van der Waals surface area contributed by atoms with Crippen molar-refractivity contribution in [2.24, 2.45) is 0 Å². The summed E-state index contributed by atoms with van der Waals surface area (Å²) in [6.07, 6.45) is 0. The van der Waals surface area contributed by atoms with Crippen LogP contribution in [0.15, 0.2) is 212 Å². The highest BCUT2D eigenvalue weighted by molar-refractivity contribution is 6.13. The third-order valence-corrected chi connectivity index (χ3v) is 12.4. The average Bonchev–Trinajstić information content (AvgIpc) is 3.52. The van der Waals surface area contributed by atoms with Gasteiger partial charge in [-0.2, -0.15) is 0 Å². The molecule has 1 aliphatic rings. The van der Waals surface area contributed by atoms with E-state index in [9.17, 15) is 0 Å². The summed E-state index contributed by atoms with van der Waals surface area (Å²) in [4.78, 5) is 2.39. The molecule has 0 spiro atoms. The molecule has 274 valence electrons. The van der Waals surface area contributed by atoms with Crippen LogP contribution in [0.3, 0.4) is 0 Å². The largest absolute Gasteiger partial charge is 0.310 e. The molecular formula is C57H41N. The van der Waals surface area contributed by atoms with Crippen LogP contribution in [0.5, 0.6) is 0 Å². The van der Waals surface area contributed by atoms with Gasteiger partial charge in [-0.3, -0.25) is 0 Å². The van der Waals surface area contributed by atoms with Crippen LogP contribution in [0.1, 0.15) is 25.0 Å². The van der Waals surface area contributed by atoms with E-state index in [-0.39, 0.29) is 5.41 Å². The highest BCUT2D eigenvalue weighted by Crippen LogP contribution is 2.52. The Morgan fingerprint density at radius 3 is 1.64 bits per heavy atom. The second-order valence-corrected chi connectivity index (χ2v) is 16.1. The molecule has 1 aliphatic carbocycles. The first-order valence-electron chi connectivity index (χ1n) is 20.3. The van der Waals surface area contributed by atoms with Crippen molar-refractivity contribution in [3.05, 3.63) is 223 Å². The van der Waals surface area contributed by atoms with E-state index >= 15 is 0 Å². The molecule has 0 radical (unpaired) electrons. The molecule has 0 saturated carbocycles. The summed E-state index contributed by atoms with van der Waals surface area (Å²) in [6.45, 7) is 4.73. The maximum absolute atomic E-state index is 2.39. The monoisotopic (exact) mass is 739 g/mol. The van der Waals surface area contributed by atoms with Gasteiger partial charge in [0.1, 0.15) is 0 Å². The van der Waals surface area contributed by atoms with Crippen molar-refractivity contribution in [1.29, 1.82) is 0 Å². The quantitative estimate of drug-likeness (QED) is 0.154. The highest BCUT2D eigenvalue weighted by atomic mass is 15.1. The topological polar surface area (TPSA) is 3.24 Å². The standard InChI is InChI=1S/C57H41N/c1-57(2)55-24-10-9-21-52(55)53-23-12-22-49(56(53)57)39-27-31-45(32-28-39)58(47-17-11-16-42(36-47)43-26-25-38-13-3-4-14-41(38)35-43)46-33-29-40(30-34-46)54-37-44-15-5-6-18-48(44)50-19-7-8-20-51(50)54/h3-37H,1-2H3. The summed E-state index contributed by atoms with van der Waals surface area (Å²) in [6, 6.07) is 78.1. The first-order chi connectivity index (χ1) is 28.5. The predicted molar refractivity (Wildman–Crippen MR) is 248 cm³/mol. The molecule has 0 unspecified atom stereocenters. The molecule has 0 atom stereocenters. The molecule has 58 heavy (non-hydrogen) atoms. The van der Waals surface area contributed by atoms with Crippen LogP contribution in [-0.2, 0) is 5.41 Å². The lowest BCUT2D eigenvalue weighted by Gasteiger charge is -2.27. The third kappa shape index (κ3) is 5.54. The summed E-state index contributed by atoms with van der Waals surface area (Å²) in [5.74, 6) is 0. The number of fused-ring (bicyclic) bond motifs is 7. The summed E-state index contributed by atoms with van der Waals surface area (Å²) in [5.41, 5.74) is 16.1. The van der Waals surface area contributed by atoms with E-state index in [0.717, 1.165) is 17.1 Å². The molecule has 10 aromatic carbocycles. The van der Waals surface area contributed by atoms with Crippen molar-refractivity contribution >= 4 is 49.4 Å². The third-order valence-electron chi connectivity index (χ3n) is 12.4. The minimum atomic E-state index is -0.0887. The fourth-order valence-corrected chi connectivity index (χ4v) is 9.60. The summed E-state index contributed by atoms with van der Waals surface area (Å²) in [7, 11) is 0. The molecule has 1 nitrogen and oxygen atoms in total. The van der Waals surface area contributed by atoms with Crippen LogP contribution in [0.25, 0.3) is 76.8 Å². The van der Waals surface area contributed by atoms with Gasteiger partial charge in [0.25, 0.3) is 0 Å². The van der Waals surface area contributed by atoms with Gasteiger partial charge in [0, 0.05) is 22.5 Å². The van der Waals surface area contributed by atoms with Crippen molar-refractivity contribution in [2.45, 2.75) is 19.3 Å². The van der Waals surface area contributed by atoms with Crippen LogP contribution in [0.2, 0.25) is 0 Å². The van der Waals surface area contributed by atoms with Crippen molar-refractivity contribution in [3.8, 4) is 44.5 Å². The van der Waals surface area contributed by atoms with Gasteiger partial charge in [0.15, 0.2) is 0 Å². The lowest BCUT2D eigenvalue weighted by atomic mass is 9.79. The number of rotatable bonds is 6. The maximum Gasteiger partial charge on any atom is 0.0467 e. The van der Waals surface area contributed by atoms with Gasteiger partial charge in [0.05, 0.1) is 0 Å². The van der Waals surface area contributed by atoms with E-state index < -0.39 is 0 Å². The fourth-order valence-electron chi connectivity index (χ4n) is 9.60. The second kappa shape index (κ2) is 13.5. The number of benzene rings is 10. The second-order valence-electron chi connectivity index (χ2n) is 16.1. The zero-order chi connectivity index (χ0) is 38.8. The maximum atomic E-state index is 2.39. The zero-order valence-corrected chi connectivity index (χ0v) is 32.7. The Hall–Kier alpha value is -7.22. The zero-order valence-electron chi connectivity index (χ0n) is 32.7. The number of nitrogens with zero attached hydrogens (tertiary/aromatic N) is 1. The molecule has 0 amide bonds. The Labute approximate surface area is 340 Å². The van der Waals surface area contributed by atoms with Gasteiger partial charge in [-0.25, -0.2) is 0 Å². The Bertz CT molecular complexity index is 3190. The van der Waals surface area contributed by atoms with Crippen molar-refractivity contribution in [2.75, 3.05) is 4.90 Å². The smallest absolute Gasteiger partial charge is 0.0467 e. The van der Waals surface area contributed by atoms with E-state index in [1.165, 1.54) is 88.0 Å². The van der Waals surface area contributed by atoms with Crippen LogP contribution >= 0.6 is 0 Å². The molecule has 0 N–H and O–H groups in total. The highest BCUT2D eigenvalue weighted by Gasteiger charge is 2.37. The predicted octanol–water partition coefficient (Wildman–Crippen LogP) is 15.9. The Morgan fingerprint density at radius 1 is 0.310 bits per heavy atom. The van der Waals surface area contributed by atoms with Gasteiger partial charge in [-0.1, -0.05) is 178 Å². The van der Waals surface area contributed by atoms with Gasteiger partial charge in [0.2, 0.25) is 0 Å². The minimum absolute atomic E-state index is 0.0887. The van der Waals surface area contributed by atoms with Crippen molar-refractivity contribution in [1.82, 2.24) is 0 Å². The lowest BCUT2D eigenvalue weighted by Crippen LogP contribution is -2.16. The molecule has 10 aromatic rings. The van der Waals surface area contributed by atoms with E-state index in [4.69, 9.17) is 0 Å². The minimum Gasteiger partial charge on any atom is -0.310 e. The normalized spacial score (nSPS) is 12.8. The summed E-state index contributed by atoms with van der Waals surface area (Å²) < 4.78 is 0. The van der Waals surface area contributed by atoms with Gasteiger partial charge < -0.3 is 4.90 Å². The summed E-state index contributed by atoms with van der Waals surface area (Å²) >= 11 is 0. The molecule has 0 aliphatic heterocycles. The molecule has 0 aromatic heterocycles. The van der Waals surface area contributed by atoms with Gasteiger partial charge in [-0.05, 0) is 136 Å². The number of hydrogen-bond acceptors (Lipinski definition) is 1. The number of anilines is 3. The fraction of sp³-hybridized carbons (Fsp3) is 0.0526. The Kier molecular flexibility index (Phi) is 7.91. The Balaban J connectivity index is 1.03. The Morgan fingerprint density at radius 2 is 0.862 bits per heavy atom. The van der Waals surface area contributed by atoms with Crippen LogP contribution < -0.4 is 4.90 Å². The van der Waals surface area contributed by atoms with Crippen LogP contribution in [0.4, 0.5) is 17.1 Å². The molecule has 0 bridgehead atoms. The van der Waals surface area contributed by atoms with Gasteiger partial charge >= 0.3 is 0 Å². The molecule has 0 heterocycles. The molecule has 0 saturated heterocycles. The molecule has 1 heteroatoms. The molecule has 11 rings (SSSR count). The van der Waals surface area contributed by atoms with E-state index in [0.29, 0.717) is 0 Å². The van der Waals surface area contributed by atoms with Crippen molar-refractivity contribution < 1.29 is 0 Å². The van der Waals surface area contributed by atoms with Crippen LogP contribution in [-0.4, -0.2) is 0 Å². The lowest BCUT2D eigenvalue weighted by molar-refractivity contribution is 0.662. The molecular weight excluding hydrogens is 699 g/mol. The van der Waals surface area contributed by atoms with E-state index in [2.05, 4.69) is 231 Å². The van der Waals surface area contributed by atoms with E-state index in [1.807, 2.05) is 0 Å².